The number of ether oxygens (including phenoxy) is 1. The highest BCUT2D eigenvalue weighted by Gasteiger charge is 2.46. The molecule has 4 nitrogen and oxygen atoms in total. The predicted octanol–water partition coefficient (Wildman–Crippen LogP) is 4.42. The molecule has 2 aliphatic rings. The topological polar surface area (TPSA) is 41.6 Å². The van der Waals surface area contributed by atoms with Crippen molar-refractivity contribution >= 4 is 11.8 Å². The van der Waals surface area contributed by atoms with Crippen molar-refractivity contribution in [2.24, 2.45) is 5.41 Å². The SMILES string of the molecule is CC(C)(C)OC(=O)N1CCC2(CC1)CC(Nc1cccc(F)c1)C2. The second-order valence-corrected chi connectivity index (χ2v) is 8.23. The van der Waals surface area contributed by atoms with Gasteiger partial charge in [-0.25, -0.2) is 9.18 Å². The fourth-order valence-corrected chi connectivity index (χ4v) is 3.80. The third-order valence-electron chi connectivity index (χ3n) is 5.03. The normalized spacial score (nSPS) is 20.6. The third-order valence-corrected chi connectivity index (χ3v) is 5.03. The number of carbonyl (C=O) groups is 1. The molecule has 1 aromatic rings. The summed E-state index contributed by atoms with van der Waals surface area (Å²) in [6, 6.07) is 7.03. The van der Waals surface area contributed by atoms with Crippen LogP contribution in [0.25, 0.3) is 0 Å². The lowest BCUT2D eigenvalue weighted by Gasteiger charge is -2.52. The van der Waals surface area contributed by atoms with Gasteiger partial charge in [-0.3, -0.25) is 0 Å². The van der Waals surface area contributed by atoms with Crippen molar-refractivity contribution in [1.82, 2.24) is 4.90 Å². The van der Waals surface area contributed by atoms with Crippen molar-refractivity contribution in [3.63, 3.8) is 0 Å². The van der Waals surface area contributed by atoms with E-state index in [2.05, 4.69) is 5.32 Å². The molecule has 2 fully saturated rings. The number of benzene rings is 1. The van der Waals surface area contributed by atoms with Gasteiger partial charge in [0.15, 0.2) is 0 Å². The van der Waals surface area contributed by atoms with Crippen molar-refractivity contribution in [2.45, 2.75) is 58.1 Å². The van der Waals surface area contributed by atoms with Crippen LogP contribution < -0.4 is 5.32 Å². The first kappa shape index (κ1) is 17.1. The van der Waals surface area contributed by atoms with Crippen LogP contribution >= 0.6 is 0 Å². The number of amides is 1. The van der Waals surface area contributed by atoms with Crippen LogP contribution in [0.1, 0.15) is 46.5 Å². The van der Waals surface area contributed by atoms with Gasteiger partial charge in [0.05, 0.1) is 0 Å². The van der Waals surface area contributed by atoms with Gasteiger partial charge in [0.25, 0.3) is 0 Å². The van der Waals surface area contributed by atoms with Crippen LogP contribution in [0.4, 0.5) is 14.9 Å². The van der Waals surface area contributed by atoms with Crippen LogP contribution in [0.3, 0.4) is 0 Å². The van der Waals surface area contributed by atoms with E-state index in [0.717, 1.165) is 44.5 Å². The molecular formula is C19H27FN2O2. The fraction of sp³-hybridized carbons (Fsp3) is 0.632. The summed E-state index contributed by atoms with van der Waals surface area (Å²) in [5.74, 6) is -0.209. The lowest BCUT2D eigenvalue weighted by Crippen LogP contribution is -2.53. The summed E-state index contributed by atoms with van der Waals surface area (Å²) in [6.07, 6.45) is 4.02. The molecule has 1 saturated heterocycles. The zero-order chi connectivity index (χ0) is 17.4. The quantitative estimate of drug-likeness (QED) is 0.870. The Balaban J connectivity index is 1.46. The van der Waals surface area contributed by atoms with E-state index in [-0.39, 0.29) is 11.9 Å². The number of nitrogens with zero attached hydrogens (tertiary/aromatic N) is 1. The van der Waals surface area contributed by atoms with Gasteiger partial charge in [-0.2, -0.15) is 0 Å². The highest BCUT2D eigenvalue weighted by atomic mass is 19.1. The molecule has 1 spiro atoms. The van der Waals surface area contributed by atoms with Gasteiger partial charge in [-0.1, -0.05) is 6.07 Å². The summed E-state index contributed by atoms with van der Waals surface area (Å²) < 4.78 is 18.7. The van der Waals surface area contributed by atoms with Gasteiger partial charge < -0.3 is 15.0 Å². The van der Waals surface area contributed by atoms with E-state index in [1.165, 1.54) is 12.1 Å². The van der Waals surface area contributed by atoms with Gasteiger partial charge in [0.1, 0.15) is 11.4 Å². The average Bonchev–Trinajstić information content (AvgIpc) is 2.44. The summed E-state index contributed by atoms with van der Waals surface area (Å²) in [7, 11) is 0. The monoisotopic (exact) mass is 334 g/mol. The number of rotatable bonds is 2. The van der Waals surface area contributed by atoms with Crippen LogP contribution in [-0.2, 0) is 4.74 Å². The van der Waals surface area contributed by atoms with Crippen LogP contribution in [0.2, 0.25) is 0 Å². The molecule has 5 heteroatoms. The van der Waals surface area contributed by atoms with Crippen molar-refractivity contribution < 1.29 is 13.9 Å². The Morgan fingerprint density at radius 2 is 1.96 bits per heavy atom. The molecule has 0 bridgehead atoms. The first-order valence-corrected chi connectivity index (χ1v) is 8.75. The maximum Gasteiger partial charge on any atom is 0.410 e. The van der Waals surface area contributed by atoms with Crippen molar-refractivity contribution in [3.05, 3.63) is 30.1 Å². The maximum atomic E-state index is 13.2. The standard InChI is InChI=1S/C19H27FN2O2/c1-18(2,3)24-17(23)22-9-7-19(8-10-22)12-16(13-19)21-15-6-4-5-14(20)11-15/h4-6,11,16,21H,7-10,12-13H2,1-3H3. The van der Waals surface area contributed by atoms with E-state index in [1.54, 1.807) is 6.07 Å². The summed E-state index contributed by atoms with van der Waals surface area (Å²) in [4.78, 5) is 13.9. The number of nitrogens with one attached hydrogen (secondary N) is 1. The second-order valence-electron chi connectivity index (χ2n) is 8.23. The van der Waals surface area contributed by atoms with Gasteiger partial charge >= 0.3 is 6.09 Å². The zero-order valence-electron chi connectivity index (χ0n) is 14.8. The smallest absolute Gasteiger partial charge is 0.410 e. The fourth-order valence-electron chi connectivity index (χ4n) is 3.80. The Kier molecular flexibility index (Phi) is 4.45. The molecule has 1 aliphatic carbocycles. The van der Waals surface area contributed by atoms with E-state index in [0.29, 0.717) is 11.5 Å². The summed E-state index contributed by atoms with van der Waals surface area (Å²) in [5.41, 5.74) is 0.743. The number of hydrogen-bond donors (Lipinski definition) is 1. The van der Waals surface area contributed by atoms with Crippen LogP contribution in [0, 0.1) is 11.2 Å². The molecule has 1 aromatic carbocycles. The minimum Gasteiger partial charge on any atom is -0.444 e. The number of anilines is 1. The van der Waals surface area contributed by atoms with Crippen molar-refractivity contribution in [3.8, 4) is 0 Å². The Morgan fingerprint density at radius 1 is 1.29 bits per heavy atom. The minimum absolute atomic E-state index is 0.203. The highest BCUT2D eigenvalue weighted by molar-refractivity contribution is 5.68. The molecule has 1 N–H and O–H groups in total. The van der Waals surface area contributed by atoms with Gasteiger partial charge in [0.2, 0.25) is 0 Å². The first-order chi connectivity index (χ1) is 11.2. The Morgan fingerprint density at radius 3 is 2.54 bits per heavy atom. The van der Waals surface area contributed by atoms with Crippen LogP contribution in [0.5, 0.6) is 0 Å². The largest absolute Gasteiger partial charge is 0.444 e. The molecule has 1 saturated carbocycles. The van der Waals surface area contributed by atoms with Crippen molar-refractivity contribution in [2.75, 3.05) is 18.4 Å². The lowest BCUT2D eigenvalue weighted by atomic mass is 9.60. The first-order valence-electron chi connectivity index (χ1n) is 8.75. The minimum atomic E-state index is -0.442. The summed E-state index contributed by atoms with van der Waals surface area (Å²) in [6.45, 7) is 7.21. The summed E-state index contributed by atoms with van der Waals surface area (Å²) in [5, 5.41) is 3.41. The number of piperidine rings is 1. The molecule has 1 aliphatic heterocycles. The molecule has 0 radical (unpaired) electrons. The number of likely N-dealkylation sites (tertiary alicyclic amines) is 1. The van der Waals surface area contributed by atoms with Gasteiger partial charge in [0, 0.05) is 24.8 Å². The molecule has 24 heavy (non-hydrogen) atoms. The Labute approximate surface area is 143 Å². The van der Waals surface area contributed by atoms with E-state index in [1.807, 2.05) is 31.7 Å². The molecule has 0 unspecified atom stereocenters. The Bertz CT molecular complexity index is 596. The zero-order valence-corrected chi connectivity index (χ0v) is 14.8. The molecule has 0 aromatic heterocycles. The van der Waals surface area contributed by atoms with Crippen LogP contribution in [0.15, 0.2) is 24.3 Å². The molecule has 0 atom stereocenters. The van der Waals surface area contributed by atoms with Crippen molar-refractivity contribution in [1.29, 1.82) is 0 Å². The highest BCUT2D eigenvalue weighted by Crippen LogP contribution is 2.50. The van der Waals surface area contributed by atoms with Gasteiger partial charge in [-0.05, 0) is 70.1 Å². The molecule has 132 valence electrons. The van der Waals surface area contributed by atoms with Gasteiger partial charge in [-0.15, -0.1) is 0 Å². The van der Waals surface area contributed by atoms with E-state index < -0.39 is 5.60 Å². The lowest BCUT2D eigenvalue weighted by molar-refractivity contribution is -0.00859. The maximum absolute atomic E-state index is 13.2. The molecule has 3 rings (SSSR count). The molecule has 1 heterocycles. The second kappa shape index (κ2) is 6.26. The van der Waals surface area contributed by atoms with E-state index in [4.69, 9.17) is 4.74 Å². The third kappa shape index (κ3) is 4.00. The molecule has 1 amide bonds. The van der Waals surface area contributed by atoms with E-state index >= 15 is 0 Å². The number of carbonyl (C=O) groups excluding carboxylic acids is 1. The van der Waals surface area contributed by atoms with Crippen LogP contribution in [-0.4, -0.2) is 35.7 Å². The van der Waals surface area contributed by atoms with E-state index in [9.17, 15) is 9.18 Å². The Hall–Kier alpha value is -1.78. The number of halogens is 1. The number of hydrogen-bond acceptors (Lipinski definition) is 3. The predicted molar refractivity (Wildman–Crippen MR) is 92.5 cm³/mol. The average molecular weight is 334 g/mol. The summed E-state index contributed by atoms with van der Waals surface area (Å²) >= 11 is 0. The molecular weight excluding hydrogens is 307 g/mol.